The summed E-state index contributed by atoms with van der Waals surface area (Å²) in [5, 5.41) is 15.6. The molecule has 5 atom stereocenters. The lowest BCUT2D eigenvalue weighted by Gasteiger charge is -2.33. The Bertz CT molecular complexity index is 1060. The summed E-state index contributed by atoms with van der Waals surface area (Å²) < 4.78 is 39.5. The molecule has 0 aromatic heterocycles. The quantitative estimate of drug-likeness (QED) is 0.302. The highest BCUT2D eigenvalue weighted by molar-refractivity contribution is 5.94. The van der Waals surface area contributed by atoms with Crippen LogP contribution in [0.2, 0.25) is 0 Å². The molecule has 0 aromatic rings. The number of aliphatic hydroxyl groups is 1. The fourth-order valence-electron chi connectivity index (χ4n) is 4.85. The van der Waals surface area contributed by atoms with Gasteiger partial charge in [0.25, 0.3) is 0 Å². The minimum absolute atomic E-state index is 0.0347. The fraction of sp³-hybridized carbons (Fsp3) is 0.778. The lowest BCUT2D eigenvalue weighted by Crippen LogP contribution is -2.59. The van der Waals surface area contributed by atoms with Gasteiger partial charge >= 0.3 is 12.2 Å². The van der Waals surface area contributed by atoms with E-state index in [2.05, 4.69) is 10.6 Å². The van der Waals surface area contributed by atoms with Crippen LogP contribution >= 0.6 is 0 Å². The SMILES string of the molecule is CC(C)[C@H](NC(=O)CN1CC(C=C=O)N(OC(C)(C)C)C1=O)C(=O)N1CCC[C@H]1C(=O)N[C@@H](C(C)C)[C@H](O)C(F)(F)F. The molecule has 15 heteroatoms. The van der Waals surface area contributed by atoms with E-state index in [4.69, 9.17) is 4.84 Å². The Balaban J connectivity index is 2.14. The Morgan fingerprint density at radius 1 is 1.12 bits per heavy atom. The van der Waals surface area contributed by atoms with Crippen LogP contribution in [0.5, 0.6) is 0 Å². The molecule has 2 rings (SSSR count). The summed E-state index contributed by atoms with van der Waals surface area (Å²) in [5.41, 5.74) is -0.767. The lowest BCUT2D eigenvalue weighted by molar-refractivity contribution is -0.215. The summed E-state index contributed by atoms with van der Waals surface area (Å²) in [5.74, 6) is -1.66. The van der Waals surface area contributed by atoms with Gasteiger partial charge in [-0.3, -0.25) is 19.2 Å². The van der Waals surface area contributed by atoms with Gasteiger partial charge in [-0.15, -0.1) is 0 Å². The number of amides is 5. The number of hydrogen-bond donors (Lipinski definition) is 3. The van der Waals surface area contributed by atoms with Crippen molar-refractivity contribution < 1.29 is 47.1 Å². The van der Waals surface area contributed by atoms with Crippen molar-refractivity contribution in [3.05, 3.63) is 6.08 Å². The summed E-state index contributed by atoms with van der Waals surface area (Å²) in [4.78, 5) is 71.5. The summed E-state index contributed by atoms with van der Waals surface area (Å²) >= 11 is 0. The van der Waals surface area contributed by atoms with Crippen molar-refractivity contribution in [1.29, 1.82) is 0 Å². The summed E-state index contributed by atoms with van der Waals surface area (Å²) in [6.07, 6.45) is -6.02. The summed E-state index contributed by atoms with van der Waals surface area (Å²) in [6, 6.07) is -5.23. The van der Waals surface area contributed by atoms with Crippen molar-refractivity contribution in [2.45, 2.75) is 103 Å². The third-order valence-corrected chi connectivity index (χ3v) is 6.93. The molecule has 42 heavy (non-hydrogen) atoms. The van der Waals surface area contributed by atoms with E-state index in [9.17, 15) is 42.3 Å². The molecule has 3 N–H and O–H groups in total. The van der Waals surface area contributed by atoms with E-state index < -0.39 is 84.2 Å². The van der Waals surface area contributed by atoms with Crippen LogP contribution < -0.4 is 10.6 Å². The average Bonchev–Trinajstić information content (AvgIpc) is 3.45. The molecule has 1 unspecified atom stereocenters. The lowest BCUT2D eigenvalue weighted by atomic mass is 9.97. The minimum atomic E-state index is -4.95. The van der Waals surface area contributed by atoms with E-state index in [1.54, 1.807) is 40.6 Å². The maximum absolute atomic E-state index is 13.5. The maximum atomic E-state index is 13.5. The topological polar surface area (TPSA) is 149 Å². The monoisotopic (exact) mass is 605 g/mol. The Labute approximate surface area is 243 Å². The zero-order valence-electron chi connectivity index (χ0n) is 25.0. The Morgan fingerprint density at radius 3 is 2.24 bits per heavy atom. The molecule has 2 saturated heterocycles. The highest BCUT2D eigenvalue weighted by Gasteiger charge is 2.47. The second-order valence-electron chi connectivity index (χ2n) is 12.3. The van der Waals surface area contributed by atoms with Crippen molar-refractivity contribution in [1.82, 2.24) is 25.5 Å². The Morgan fingerprint density at radius 2 is 1.74 bits per heavy atom. The van der Waals surface area contributed by atoms with Gasteiger partial charge in [-0.1, -0.05) is 27.7 Å². The Kier molecular flexibility index (Phi) is 11.6. The number of nitrogens with one attached hydrogen (secondary N) is 2. The largest absolute Gasteiger partial charge is 0.416 e. The molecule has 2 heterocycles. The second kappa shape index (κ2) is 13.9. The molecule has 12 nitrogen and oxygen atoms in total. The Hall–Kier alpha value is -3.16. The van der Waals surface area contributed by atoms with E-state index in [1.165, 1.54) is 18.7 Å². The number of halogens is 3. The number of hydroxylamine groups is 2. The molecule has 0 saturated carbocycles. The van der Waals surface area contributed by atoms with Crippen molar-refractivity contribution in [2.24, 2.45) is 11.8 Å². The van der Waals surface area contributed by atoms with Crippen LogP contribution in [0.15, 0.2) is 6.08 Å². The maximum Gasteiger partial charge on any atom is 0.416 e. The van der Waals surface area contributed by atoms with Gasteiger partial charge < -0.3 is 25.5 Å². The van der Waals surface area contributed by atoms with Gasteiger partial charge in [-0.05, 0) is 45.4 Å². The first kappa shape index (κ1) is 35.0. The number of hydrogen-bond acceptors (Lipinski definition) is 7. The molecular formula is C27H42F3N5O7. The van der Waals surface area contributed by atoms with Crippen molar-refractivity contribution in [3.8, 4) is 0 Å². The molecule has 0 aromatic carbocycles. The minimum Gasteiger partial charge on any atom is -0.382 e. The zero-order valence-corrected chi connectivity index (χ0v) is 25.0. The van der Waals surface area contributed by atoms with Gasteiger partial charge in [0.15, 0.2) is 6.10 Å². The van der Waals surface area contributed by atoms with E-state index in [-0.39, 0.29) is 19.5 Å². The highest BCUT2D eigenvalue weighted by atomic mass is 19.4. The fourth-order valence-corrected chi connectivity index (χ4v) is 4.85. The van der Waals surface area contributed by atoms with Crippen LogP contribution in [0, 0.1) is 11.8 Å². The molecule has 5 amide bonds. The second-order valence-corrected chi connectivity index (χ2v) is 12.3. The third-order valence-electron chi connectivity index (χ3n) is 6.93. The van der Waals surface area contributed by atoms with Crippen LogP contribution in [0.25, 0.3) is 0 Å². The van der Waals surface area contributed by atoms with Crippen molar-refractivity contribution in [2.75, 3.05) is 19.6 Å². The van der Waals surface area contributed by atoms with E-state index >= 15 is 0 Å². The van der Waals surface area contributed by atoms with Crippen molar-refractivity contribution in [3.63, 3.8) is 0 Å². The number of likely N-dealkylation sites (tertiary alicyclic amines) is 1. The smallest absolute Gasteiger partial charge is 0.382 e. The summed E-state index contributed by atoms with van der Waals surface area (Å²) in [7, 11) is 0. The van der Waals surface area contributed by atoms with Crippen LogP contribution in [-0.2, 0) is 24.0 Å². The van der Waals surface area contributed by atoms with Gasteiger partial charge in [-0.25, -0.2) is 9.59 Å². The van der Waals surface area contributed by atoms with Gasteiger partial charge in [0.2, 0.25) is 17.7 Å². The van der Waals surface area contributed by atoms with Gasteiger partial charge in [0.05, 0.1) is 18.2 Å². The molecule has 0 bridgehead atoms. The van der Waals surface area contributed by atoms with Crippen LogP contribution in [0.3, 0.4) is 0 Å². The van der Waals surface area contributed by atoms with Gasteiger partial charge in [0, 0.05) is 12.6 Å². The number of nitrogens with zero attached hydrogens (tertiary/aromatic N) is 3. The normalized spacial score (nSPS) is 21.8. The molecule has 2 fully saturated rings. The van der Waals surface area contributed by atoms with E-state index in [0.29, 0.717) is 6.42 Å². The van der Waals surface area contributed by atoms with Crippen molar-refractivity contribution >= 4 is 29.7 Å². The summed E-state index contributed by atoms with van der Waals surface area (Å²) in [6.45, 7) is 11.0. The zero-order chi connectivity index (χ0) is 32.2. The van der Waals surface area contributed by atoms with Gasteiger partial charge in [-0.2, -0.15) is 18.2 Å². The number of urea groups is 1. The number of rotatable bonds is 11. The van der Waals surface area contributed by atoms with Crippen LogP contribution in [-0.4, -0.2) is 111 Å². The first-order valence-corrected chi connectivity index (χ1v) is 13.9. The van der Waals surface area contributed by atoms with E-state index in [0.717, 1.165) is 16.0 Å². The number of carbonyl (C=O) groups excluding carboxylic acids is 5. The number of aliphatic hydroxyl groups excluding tert-OH is 1. The van der Waals surface area contributed by atoms with Gasteiger partial charge in [0.1, 0.15) is 30.6 Å². The average molecular weight is 606 g/mol. The number of alkyl halides is 3. The van der Waals surface area contributed by atoms with Crippen LogP contribution in [0.1, 0.15) is 61.3 Å². The molecule has 2 aliphatic heterocycles. The molecular weight excluding hydrogens is 563 g/mol. The van der Waals surface area contributed by atoms with Crippen LogP contribution in [0.4, 0.5) is 18.0 Å². The third kappa shape index (κ3) is 8.92. The molecule has 2 aliphatic rings. The standard InChI is InChI=1S/C27H42F3N5O7/c1-15(2)20(22(38)27(28,29)30)32-23(39)18-9-8-11-34(18)24(40)21(16(3)4)31-19(37)14-33-13-17(10-12-36)35(25(33)41)42-26(5,6)7/h10,15-18,20-22,38H,8-9,11,13-14H2,1-7H3,(H,31,37)(H,32,39)/t17?,18-,20-,21-,22-/m0/s1. The predicted molar refractivity (Wildman–Crippen MR) is 144 cm³/mol. The van der Waals surface area contributed by atoms with E-state index in [1.807, 2.05) is 0 Å². The molecule has 0 aliphatic carbocycles. The predicted octanol–water partition coefficient (Wildman–Crippen LogP) is 1.41. The first-order valence-electron chi connectivity index (χ1n) is 13.9. The highest BCUT2D eigenvalue weighted by Crippen LogP contribution is 2.27. The molecule has 238 valence electrons. The number of carbonyl (C=O) groups is 4. The molecule has 0 radical (unpaired) electrons. The first-order chi connectivity index (χ1) is 19.3. The molecule has 0 spiro atoms.